The zero-order chi connectivity index (χ0) is 10.8. The second-order valence-corrected chi connectivity index (χ2v) is 5.43. The molecular weight excluding hydrogens is 228 g/mol. The first-order valence-electron chi connectivity index (χ1n) is 5.02. The third-order valence-electron chi connectivity index (χ3n) is 2.35. The fourth-order valence-electron chi connectivity index (χ4n) is 1.45. The van der Waals surface area contributed by atoms with Crippen LogP contribution in [0.5, 0.6) is 0 Å². The van der Waals surface area contributed by atoms with E-state index in [-0.39, 0.29) is 0 Å². The first-order chi connectivity index (χ1) is 7.16. The standard InChI is InChI=1S/C9H14N4S2/c1-6-11-12-9(15-6)13(7-2-3-7)5-4-8(10)14/h7H,2-5H2,1H3,(H2,10,14). The number of nitrogens with two attached hydrogens (primary N) is 1. The normalized spacial score (nSPS) is 15.3. The largest absolute Gasteiger partial charge is 0.393 e. The first kappa shape index (κ1) is 10.8. The fraction of sp³-hybridized carbons (Fsp3) is 0.667. The number of anilines is 1. The minimum absolute atomic E-state index is 0.571. The van der Waals surface area contributed by atoms with Crippen LogP contribution in [0.2, 0.25) is 0 Å². The molecule has 15 heavy (non-hydrogen) atoms. The maximum atomic E-state index is 5.52. The molecule has 0 spiro atoms. The van der Waals surface area contributed by atoms with Gasteiger partial charge in [-0.3, -0.25) is 0 Å². The van der Waals surface area contributed by atoms with Crippen LogP contribution in [0.1, 0.15) is 24.3 Å². The van der Waals surface area contributed by atoms with Crippen molar-refractivity contribution in [2.45, 2.75) is 32.2 Å². The summed E-state index contributed by atoms with van der Waals surface area (Å²) in [6, 6.07) is 0.631. The van der Waals surface area contributed by atoms with Crippen molar-refractivity contribution in [3.8, 4) is 0 Å². The van der Waals surface area contributed by atoms with Crippen molar-refractivity contribution < 1.29 is 0 Å². The van der Waals surface area contributed by atoms with Crippen LogP contribution in [0.3, 0.4) is 0 Å². The van der Waals surface area contributed by atoms with Gasteiger partial charge in [0.1, 0.15) is 5.01 Å². The zero-order valence-electron chi connectivity index (χ0n) is 8.64. The lowest BCUT2D eigenvalue weighted by Gasteiger charge is -2.20. The van der Waals surface area contributed by atoms with Gasteiger partial charge in [-0.15, -0.1) is 10.2 Å². The van der Waals surface area contributed by atoms with Crippen LogP contribution in [0, 0.1) is 6.92 Å². The molecule has 2 rings (SSSR count). The Labute approximate surface area is 98.5 Å². The fourth-order valence-corrected chi connectivity index (χ4v) is 2.33. The molecule has 1 aliphatic carbocycles. The highest BCUT2D eigenvalue weighted by Crippen LogP contribution is 2.33. The summed E-state index contributed by atoms with van der Waals surface area (Å²) in [6.07, 6.45) is 3.25. The number of rotatable bonds is 5. The van der Waals surface area contributed by atoms with E-state index >= 15 is 0 Å². The lowest BCUT2D eigenvalue weighted by atomic mass is 10.4. The Morgan fingerprint density at radius 2 is 2.33 bits per heavy atom. The number of nitrogens with zero attached hydrogens (tertiary/aromatic N) is 3. The van der Waals surface area contributed by atoms with Gasteiger partial charge >= 0.3 is 0 Å². The van der Waals surface area contributed by atoms with E-state index in [9.17, 15) is 0 Å². The van der Waals surface area contributed by atoms with Gasteiger partial charge in [-0.1, -0.05) is 23.6 Å². The topological polar surface area (TPSA) is 55.0 Å². The average Bonchev–Trinajstić information content (AvgIpc) is 2.90. The van der Waals surface area contributed by atoms with E-state index in [1.165, 1.54) is 12.8 Å². The van der Waals surface area contributed by atoms with E-state index in [4.69, 9.17) is 18.0 Å². The van der Waals surface area contributed by atoms with Gasteiger partial charge in [-0.05, 0) is 19.8 Å². The Morgan fingerprint density at radius 1 is 1.60 bits per heavy atom. The summed E-state index contributed by atoms with van der Waals surface area (Å²) in [5.41, 5.74) is 5.52. The Balaban J connectivity index is 2.02. The minimum Gasteiger partial charge on any atom is -0.393 e. The number of aromatic nitrogens is 2. The van der Waals surface area contributed by atoms with Crippen LogP contribution in [-0.2, 0) is 0 Å². The number of aryl methyl sites for hydroxylation is 1. The van der Waals surface area contributed by atoms with Crippen molar-refractivity contribution in [3.63, 3.8) is 0 Å². The maximum Gasteiger partial charge on any atom is 0.208 e. The molecule has 0 radical (unpaired) electrons. The second-order valence-electron chi connectivity index (χ2n) is 3.74. The molecule has 6 heteroatoms. The van der Waals surface area contributed by atoms with Crippen LogP contribution in [-0.4, -0.2) is 27.8 Å². The van der Waals surface area contributed by atoms with Crippen molar-refractivity contribution >= 4 is 33.7 Å². The SMILES string of the molecule is Cc1nnc(N(CCC(N)=S)C2CC2)s1. The van der Waals surface area contributed by atoms with Crippen molar-refractivity contribution in [2.75, 3.05) is 11.4 Å². The number of hydrogen-bond acceptors (Lipinski definition) is 5. The molecule has 82 valence electrons. The average molecular weight is 242 g/mol. The molecule has 1 aromatic rings. The van der Waals surface area contributed by atoms with Gasteiger partial charge in [0.15, 0.2) is 0 Å². The quantitative estimate of drug-likeness (QED) is 0.793. The minimum atomic E-state index is 0.571. The highest BCUT2D eigenvalue weighted by atomic mass is 32.1. The molecule has 1 aliphatic rings. The summed E-state index contributed by atoms with van der Waals surface area (Å²) >= 11 is 6.53. The molecule has 1 saturated carbocycles. The summed E-state index contributed by atoms with van der Waals surface area (Å²) < 4.78 is 0. The van der Waals surface area contributed by atoms with Crippen LogP contribution >= 0.6 is 23.6 Å². The van der Waals surface area contributed by atoms with Crippen LogP contribution in [0.25, 0.3) is 0 Å². The smallest absolute Gasteiger partial charge is 0.208 e. The molecule has 0 aliphatic heterocycles. The summed E-state index contributed by atoms with van der Waals surface area (Å²) in [5.74, 6) is 0. The Morgan fingerprint density at radius 3 is 2.80 bits per heavy atom. The maximum absolute atomic E-state index is 5.52. The molecule has 4 nitrogen and oxygen atoms in total. The lowest BCUT2D eigenvalue weighted by molar-refractivity contribution is 0.787. The van der Waals surface area contributed by atoms with Gasteiger partial charge in [0, 0.05) is 19.0 Å². The zero-order valence-corrected chi connectivity index (χ0v) is 10.3. The van der Waals surface area contributed by atoms with Crippen LogP contribution in [0.4, 0.5) is 5.13 Å². The van der Waals surface area contributed by atoms with Gasteiger partial charge < -0.3 is 10.6 Å². The van der Waals surface area contributed by atoms with Crippen LogP contribution in [0.15, 0.2) is 0 Å². The lowest BCUT2D eigenvalue weighted by Crippen LogP contribution is -2.29. The van der Waals surface area contributed by atoms with Gasteiger partial charge in [0.05, 0.1) is 4.99 Å². The molecule has 0 amide bonds. The van der Waals surface area contributed by atoms with Gasteiger partial charge in [0.2, 0.25) is 5.13 Å². The van der Waals surface area contributed by atoms with Gasteiger partial charge in [-0.25, -0.2) is 0 Å². The van der Waals surface area contributed by atoms with Gasteiger partial charge in [-0.2, -0.15) is 0 Å². The summed E-state index contributed by atoms with van der Waals surface area (Å²) in [5, 5.41) is 10.2. The van der Waals surface area contributed by atoms with E-state index in [2.05, 4.69) is 15.1 Å². The molecule has 1 heterocycles. The molecular formula is C9H14N4S2. The van der Waals surface area contributed by atoms with E-state index in [1.54, 1.807) is 11.3 Å². The molecule has 1 fully saturated rings. The molecule has 0 saturated heterocycles. The molecule has 0 unspecified atom stereocenters. The molecule has 0 atom stereocenters. The molecule has 1 aromatic heterocycles. The highest BCUT2D eigenvalue weighted by molar-refractivity contribution is 7.80. The van der Waals surface area contributed by atoms with Crippen molar-refractivity contribution in [2.24, 2.45) is 5.73 Å². The molecule has 2 N–H and O–H groups in total. The third kappa shape index (κ3) is 2.85. The Hall–Kier alpha value is -0.750. The van der Waals surface area contributed by atoms with E-state index in [0.29, 0.717) is 11.0 Å². The molecule has 0 aromatic carbocycles. The van der Waals surface area contributed by atoms with Crippen molar-refractivity contribution in [1.82, 2.24) is 10.2 Å². The van der Waals surface area contributed by atoms with E-state index in [0.717, 1.165) is 23.1 Å². The second kappa shape index (κ2) is 4.40. The van der Waals surface area contributed by atoms with Crippen LogP contribution < -0.4 is 10.6 Å². The van der Waals surface area contributed by atoms with Crippen molar-refractivity contribution in [3.05, 3.63) is 5.01 Å². The van der Waals surface area contributed by atoms with Crippen molar-refractivity contribution in [1.29, 1.82) is 0 Å². The predicted molar refractivity (Wildman–Crippen MR) is 66.4 cm³/mol. The predicted octanol–water partition coefficient (Wildman–Crippen LogP) is 1.49. The van der Waals surface area contributed by atoms with E-state index in [1.807, 2.05) is 6.92 Å². The van der Waals surface area contributed by atoms with E-state index < -0.39 is 0 Å². The third-order valence-corrected chi connectivity index (χ3v) is 3.43. The summed E-state index contributed by atoms with van der Waals surface area (Å²) in [6.45, 7) is 2.84. The molecule has 0 bridgehead atoms. The summed E-state index contributed by atoms with van der Waals surface area (Å²) in [7, 11) is 0. The monoisotopic (exact) mass is 242 g/mol. The highest BCUT2D eigenvalue weighted by Gasteiger charge is 2.30. The first-order valence-corrected chi connectivity index (χ1v) is 6.24. The summed E-state index contributed by atoms with van der Waals surface area (Å²) in [4.78, 5) is 2.85. The van der Waals surface area contributed by atoms with Gasteiger partial charge in [0.25, 0.3) is 0 Å². The Bertz CT molecular complexity index is 359. The Kier molecular flexibility index (Phi) is 3.16. The number of hydrogen-bond donors (Lipinski definition) is 1. The number of thiocarbonyl (C=S) groups is 1.